The Hall–Kier alpha value is -3.53. The number of nitrogens with zero attached hydrogens (tertiary/aromatic N) is 4. The van der Waals surface area contributed by atoms with Crippen LogP contribution in [-0.2, 0) is 6.54 Å². The molecule has 0 saturated carbocycles. The minimum atomic E-state index is -0.768. The third-order valence-corrected chi connectivity index (χ3v) is 4.44. The van der Waals surface area contributed by atoms with Gasteiger partial charge in [0, 0.05) is 4.47 Å². The Morgan fingerprint density at radius 2 is 1.97 bits per heavy atom. The topological polar surface area (TPSA) is 112 Å². The van der Waals surface area contributed by atoms with Gasteiger partial charge in [-0.1, -0.05) is 28.1 Å². The van der Waals surface area contributed by atoms with Crippen LogP contribution in [-0.4, -0.2) is 33.9 Å². The summed E-state index contributed by atoms with van der Waals surface area (Å²) in [5.41, 5.74) is 3.18. The Kier molecular flexibility index (Phi) is 6.35. The van der Waals surface area contributed by atoms with Gasteiger partial charge in [-0.05, 0) is 47.5 Å². The molecule has 0 spiro atoms. The number of hydrazone groups is 1. The molecule has 0 radical (unpaired) electrons. The van der Waals surface area contributed by atoms with Crippen molar-refractivity contribution < 1.29 is 14.5 Å². The molecule has 2 aromatic carbocycles. The van der Waals surface area contributed by atoms with E-state index in [1.807, 2.05) is 24.3 Å². The number of nitrogens with one attached hydrogen (secondary N) is 1. The quantitative estimate of drug-likeness (QED) is 0.332. The van der Waals surface area contributed by atoms with E-state index in [0.717, 1.165) is 15.6 Å². The molecule has 1 heterocycles. The first-order valence-corrected chi connectivity index (χ1v) is 9.19. The predicted octanol–water partition coefficient (Wildman–Crippen LogP) is 3.37. The van der Waals surface area contributed by atoms with Crippen LogP contribution < -0.4 is 10.2 Å². The fourth-order valence-electron chi connectivity index (χ4n) is 2.47. The standard InChI is InChI=1S/C19H16BrN5O4/c1-29-16-8-4-13(5-9-16)10-21-22-19(26)18-17(25(27)28)12-24(23-18)11-14-2-6-15(20)7-3-14/h2-10,12H,11H2,1H3,(H,22,26)/b21-10+. The number of rotatable bonds is 7. The van der Waals surface area contributed by atoms with Gasteiger partial charge in [-0.15, -0.1) is 0 Å². The van der Waals surface area contributed by atoms with E-state index in [9.17, 15) is 14.9 Å². The number of hydrogen-bond acceptors (Lipinski definition) is 6. The summed E-state index contributed by atoms with van der Waals surface area (Å²) in [6, 6.07) is 14.4. The van der Waals surface area contributed by atoms with E-state index >= 15 is 0 Å². The number of aromatic nitrogens is 2. The molecule has 3 aromatic rings. The maximum absolute atomic E-state index is 12.3. The van der Waals surface area contributed by atoms with Crippen LogP contribution >= 0.6 is 15.9 Å². The second-order valence-electron chi connectivity index (χ2n) is 5.92. The number of halogens is 1. The molecular weight excluding hydrogens is 442 g/mol. The van der Waals surface area contributed by atoms with Gasteiger partial charge >= 0.3 is 5.69 Å². The Morgan fingerprint density at radius 1 is 1.28 bits per heavy atom. The van der Waals surface area contributed by atoms with E-state index < -0.39 is 10.8 Å². The molecule has 0 fully saturated rings. The summed E-state index contributed by atoms with van der Waals surface area (Å²) in [5.74, 6) is -0.0749. The molecule has 29 heavy (non-hydrogen) atoms. The summed E-state index contributed by atoms with van der Waals surface area (Å²) in [4.78, 5) is 23.0. The highest BCUT2D eigenvalue weighted by molar-refractivity contribution is 9.10. The smallest absolute Gasteiger partial charge is 0.320 e. The van der Waals surface area contributed by atoms with Gasteiger partial charge in [0.1, 0.15) is 11.9 Å². The van der Waals surface area contributed by atoms with Crippen LogP contribution in [0.4, 0.5) is 5.69 Å². The number of carbonyl (C=O) groups is 1. The Balaban J connectivity index is 1.72. The third kappa shape index (κ3) is 5.26. The highest BCUT2D eigenvalue weighted by Crippen LogP contribution is 2.18. The van der Waals surface area contributed by atoms with Crippen molar-refractivity contribution >= 4 is 33.7 Å². The molecule has 0 unspecified atom stereocenters. The van der Waals surface area contributed by atoms with Gasteiger partial charge in [-0.25, -0.2) is 5.43 Å². The molecule has 0 aliphatic heterocycles. The lowest BCUT2D eigenvalue weighted by atomic mass is 10.2. The summed E-state index contributed by atoms with van der Waals surface area (Å²) in [6.07, 6.45) is 2.64. The summed E-state index contributed by atoms with van der Waals surface area (Å²) in [7, 11) is 1.56. The second kappa shape index (κ2) is 9.11. The molecule has 0 saturated heterocycles. The lowest BCUT2D eigenvalue weighted by molar-refractivity contribution is -0.385. The first-order chi connectivity index (χ1) is 14.0. The Bertz CT molecular complexity index is 1050. The molecule has 1 N–H and O–H groups in total. The van der Waals surface area contributed by atoms with Crippen molar-refractivity contribution in [1.82, 2.24) is 15.2 Å². The number of benzene rings is 2. The van der Waals surface area contributed by atoms with Crippen LogP contribution in [0.3, 0.4) is 0 Å². The van der Waals surface area contributed by atoms with Crippen LogP contribution in [0.15, 0.2) is 64.3 Å². The summed E-state index contributed by atoms with van der Waals surface area (Å²) in [6.45, 7) is 0.288. The lowest BCUT2D eigenvalue weighted by Crippen LogP contribution is -2.19. The molecule has 1 amide bonds. The van der Waals surface area contributed by atoms with Crippen molar-refractivity contribution in [3.05, 3.63) is 86.1 Å². The molecule has 10 heteroatoms. The van der Waals surface area contributed by atoms with Gasteiger partial charge < -0.3 is 4.74 Å². The normalized spacial score (nSPS) is 10.8. The third-order valence-electron chi connectivity index (χ3n) is 3.91. The van der Waals surface area contributed by atoms with E-state index in [1.54, 1.807) is 31.4 Å². The zero-order valence-electron chi connectivity index (χ0n) is 15.3. The second-order valence-corrected chi connectivity index (χ2v) is 6.83. The minimum Gasteiger partial charge on any atom is -0.497 e. The SMILES string of the molecule is COc1ccc(/C=N/NC(=O)c2nn(Cc3ccc(Br)cc3)cc2[N+](=O)[O-])cc1. The zero-order chi connectivity index (χ0) is 20.8. The van der Waals surface area contributed by atoms with Gasteiger partial charge in [0.15, 0.2) is 0 Å². The zero-order valence-corrected chi connectivity index (χ0v) is 16.9. The molecule has 1 aromatic heterocycles. The van der Waals surface area contributed by atoms with Crippen molar-refractivity contribution in [1.29, 1.82) is 0 Å². The molecule has 3 rings (SSSR count). The average Bonchev–Trinajstić information content (AvgIpc) is 3.14. The minimum absolute atomic E-state index is 0.288. The maximum atomic E-state index is 12.3. The fraction of sp³-hybridized carbons (Fsp3) is 0.105. The van der Waals surface area contributed by atoms with E-state index in [0.29, 0.717) is 5.75 Å². The van der Waals surface area contributed by atoms with Crippen LogP contribution in [0.1, 0.15) is 21.6 Å². The van der Waals surface area contributed by atoms with Crippen molar-refractivity contribution in [3.63, 3.8) is 0 Å². The molecular formula is C19H16BrN5O4. The summed E-state index contributed by atoms with van der Waals surface area (Å²) >= 11 is 3.35. The van der Waals surface area contributed by atoms with Crippen LogP contribution in [0.5, 0.6) is 5.75 Å². The van der Waals surface area contributed by atoms with Crippen molar-refractivity contribution in [2.45, 2.75) is 6.54 Å². The van der Waals surface area contributed by atoms with Gasteiger partial charge in [0.25, 0.3) is 5.91 Å². The van der Waals surface area contributed by atoms with Crippen molar-refractivity contribution in [2.75, 3.05) is 7.11 Å². The fourth-order valence-corrected chi connectivity index (χ4v) is 2.74. The van der Waals surface area contributed by atoms with E-state index in [4.69, 9.17) is 4.74 Å². The number of carbonyl (C=O) groups excluding carboxylic acids is 1. The number of amides is 1. The Labute approximate surface area is 174 Å². The van der Waals surface area contributed by atoms with E-state index in [1.165, 1.54) is 17.1 Å². The van der Waals surface area contributed by atoms with Crippen LogP contribution in [0.2, 0.25) is 0 Å². The molecule has 0 aliphatic rings. The number of ether oxygens (including phenoxy) is 1. The van der Waals surface area contributed by atoms with Gasteiger partial charge in [0.2, 0.25) is 5.69 Å². The predicted molar refractivity (Wildman–Crippen MR) is 110 cm³/mol. The van der Waals surface area contributed by atoms with Gasteiger partial charge in [0.05, 0.1) is 24.8 Å². The number of nitro groups is 1. The molecule has 148 valence electrons. The number of methoxy groups -OCH3 is 1. The average molecular weight is 458 g/mol. The lowest BCUT2D eigenvalue weighted by Gasteiger charge is -2.01. The summed E-state index contributed by atoms with van der Waals surface area (Å²) < 4.78 is 7.33. The first kappa shape index (κ1) is 20.2. The molecule has 0 aliphatic carbocycles. The molecule has 9 nitrogen and oxygen atoms in total. The largest absolute Gasteiger partial charge is 0.497 e. The van der Waals surface area contributed by atoms with E-state index in [-0.39, 0.29) is 17.9 Å². The highest BCUT2D eigenvalue weighted by Gasteiger charge is 2.25. The van der Waals surface area contributed by atoms with Crippen LogP contribution in [0.25, 0.3) is 0 Å². The van der Waals surface area contributed by atoms with Gasteiger partial charge in [-0.2, -0.15) is 10.2 Å². The molecule has 0 bridgehead atoms. The monoisotopic (exact) mass is 457 g/mol. The van der Waals surface area contributed by atoms with Crippen LogP contribution in [0, 0.1) is 10.1 Å². The van der Waals surface area contributed by atoms with Crippen molar-refractivity contribution in [3.8, 4) is 5.75 Å². The molecule has 0 atom stereocenters. The van der Waals surface area contributed by atoms with E-state index in [2.05, 4.69) is 31.6 Å². The van der Waals surface area contributed by atoms with Crippen molar-refractivity contribution in [2.24, 2.45) is 5.10 Å². The number of hydrogen-bond donors (Lipinski definition) is 1. The Morgan fingerprint density at radius 3 is 2.59 bits per heavy atom. The highest BCUT2D eigenvalue weighted by atomic mass is 79.9. The summed E-state index contributed by atoms with van der Waals surface area (Å²) in [5, 5.41) is 19.2. The first-order valence-electron chi connectivity index (χ1n) is 8.40. The van der Waals surface area contributed by atoms with Gasteiger partial charge in [-0.3, -0.25) is 19.6 Å². The maximum Gasteiger partial charge on any atom is 0.320 e.